The lowest BCUT2D eigenvalue weighted by molar-refractivity contribution is 0.0940. The Labute approximate surface area is 151 Å². The Morgan fingerprint density at radius 3 is 3.08 bits per heavy atom. The second-order valence-corrected chi connectivity index (χ2v) is 7.40. The number of H-pyrrole nitrogens is 1. The van der Waals surface area contributed by atoms with E-state index in [2.05, 4.69) is 9.88 Å². The lowest BCUT2D eigenvalue weighted by atomic mass is 9.96. The Hall–Kier alpha value is -2.40. The number of rotatable bonds is 5. The van der Waals surface area contributed by atoms with Crippen molar-refractivity contribution in [3.05, 3.63) is 59.4 Å². The van der Waals surface area contributed by atoms with Gasteiger partial charge >= 0.3 is 0 Å². The molecule has 0 unspecified atom stereocenters. The highest BCUT2D eigenvalue weighted by Gasteiger charge is 2.41. The van der Waals surface area contributed by atoms with E-state index in [9.17, 15) is 9.18 Å². The van der Waals surface area contributed by atoms with Crippen LogP contribution in [0.3, 0.4) is 0 Å². The maximum Gasteiger partial charge on any atom is 0.198 e. The van der Waals surface area contributed by atoms with Gasteiger partial charge in [0, 0.05) is 41.5 Å². The van der Waals surface area contributed by atoms with E-state index < -0.39 is 0 Å². The molecule has 1 aromatic carbocycles. The number of hydrogen-bond acceptors (Lipinski definition) is 3. The molecule has 1 saturated heterocycles. The maximum absolute atomic E-state index is 13.8. The smallest absolute Gasteiger partial charge is 0.198 e. The highest BCUT2D eigenvalue weighted by Crippen LogP contribution is 2.46. The van der Waals surface area contributed by atoms with Gasteiger partial charge in [-0.25, -0.2) is 4.39 Å². The number of aromatic nitrogens is 1. The number of Topliss-reactive ketones (excluding diaryl/α,β-unsaturated/α-hetero) is 1. The molecule has 1 N–H and O–H groups in total. The molecule has 26 heavy (non-hydrogen) atoms. The van der Waals surface area contributed by atoms with Gasteiger partial charge in [0.25, 0.3) is 0 Å². The van der Waals surface area contributed by atoms with Crippen LogP contribution in [0, 0.1) is 5.82 Å². The second kappa shape index (κ2) is 6.09. The molecular formula is C21H21FN2O2. The molecule has 2 aromatic heterocycles. The molecule has 1 fully saturated rings. The fourth-order valence-electron chi connectivity index (χ4n) is 4.80. The zero-order valence-electron chi connectivity index (χ0n) is 14.5. The number of fused-ring (bicyclic) bond motifs is 6. The van der Waals surface area contributed by atoms with Gasteiger partial charge in [0.2, 0.25) is 0 Å². The minimum absolute atomic E-state index is 0.0641. The van der Waals surface area contributed by atoms with E-state index in [0.717, 1.165) is 43.1 Å². The van der Waals surface area contributed by atoms with E-state index in [1.165, 1.54) is 23.6 Å². The standard InChI is InChI=1S/C21H21FN2O2/c22-13-5-7-16-15(11-13)21-17(23-16)12-14-6-8-18(21)24(14)9-1-3-19(25)20-4-2-10-26-20/h2,4-5,7,10-11,14,18,23H,1,3,6,8-9,12H2/t14-,18+/m0/s1. The molecule has 4 heterocycles. The van der Waals surface area contributed by atoms with Crippen LogP contribution in [0.15, 0.2) is 41.0 Å². The number of benzene rings is 1. The summed E-state index contributed by atoms with van der Waals surface area (Å²) in [6.07, 6.45) is 6.10. The summed E-state index contributed by atoms with van der Waals surface area (Å²) in [6.45, 7) is 0.892. The van der Waals surface area contributed by atoms with E-state index in [0.29, 0.717) is 24.3 Å². The molecule has 2 aliphatic rings. The highest BCUT2D eigenvalue weighted by atomic mass is 19.1. The van der Waals surface area contributed by atoms with Crippen molar-refractivity contribution in [2.45, 2.75) is 44.2 Å². The molecule has 134 valence electrons. The van der Waals surface area contributed by atoms with E-state index >= 15 is 0 Å². The average Bonchev–Trinajstić information content (AvgIpc) is 3.33. The van der Waals surface area contributed by atoms with Crippen molar-refractivity contribution in [3.8, 4) is 0 Å². The van der Waals surface area contributed by atoms with Crippen LogP contribution in [0.1, 0.15) is 53.5 Å². The van der Waals surface area contributed by atoms with Gasteiger partial charge in [-0.2, -0.15) is 0 Å². The Morgan fingerprint density at radius 2 is 2.23 bits per heavy atom. The number of nitrogens with zero attached hydrogens (tertiary/aromatic N) is 1. The second-order valence-electron chi connectivity index (χ2n) is 7.40. The van der Waals surface area contributed by atoms with E-state index in [1.54, 1.807) is 18.2 Å². The van der Waals surface area contributed by atoms with Gasteiger partial charge in [0.15, 0.2) is 11.5 Å². The normalized spacial score (nSPS) is 22.0. The summed E-state index contributed by atoms with van der Waals surface area (Å²) in [7, 11) is 0. The predicted octanol–water partition coefficient (Wildman–Crippen LogP) is 4.62. The number of carbonyl (C=O) groups excluding carboxylic acids is 1. The summed E-state index contributed by atoms with van der Waals surface area (Å²) in [5, 5.41) is 1.02. The fourth-order valence-corrected chi connectivity index (χ4v) is 4.80. The van der Waals surface area contributed by atoms with Crippen LogP contribution in [0.25, 0.3) is 10.9 Å². The molecule has 3 aromatic rings. The Morgan fingerprint density at radius 1 is 1.31 bits per heavy atom. The number of hydrogen-bond donors (Lipinski definition) is 1. The SMILES string of the molecule is O=C(CCCN1[C@H]2CC[C@@H]1c1c([nH]c3ccc(F)cc13)C2)c1ccco1. The van der Waals surface area contributed by atoms with Crippen LogP contribution in [0.4, 0.5) is 4.39 Å². The molecule has 5 heteroatoms. The summed E-state index contributed by atoms with van der Waals surface area (Å²) in [5.41, 5.74) is 3.56. The van der Waals surface area contributed by atoms with Crippen LogP contribution in [-0.2, 0) is 6.42 Å². The Bertz CT molecular complexity index is 960. The van der Waals surface area contributed by atoms with Gasteiger partial charge in [0.1, 0.15) is 5.82 Å². The Kier molecular flexibility index (Phi) is 3.71. The molecule has 2 bridgehead atoms. The predicted molar refractivity (Wildman–Crippen MR) is 96.7 cm³/mol. The van der Waals surface area contributed by atoms with Crippen LogP contribution >= 0.6 is 0 Å². The summed E-state index contributed by atoms with van der Waals surface area (Å²) in [6, 6.07) is 9.32. The zero-order chi connectivity index (χ0) is 17.7. The highest BCUT2D eigenvalue weighted by molar-refractivity contribution is 5.93. The molecule has 0 amide bonds. The van der Waals surface area contributed by atoms with Gasteiger partial charge in [-0.05, 0) is 61.7 Å². The van der Waals surface area contributed by atoms with E-state index in [4.69, 9.17) is 4.42 Å². The van der Waals surface area contributed by atoms with Gasteiger partial charge in [-0.3, -0.25) is 9.69 Å². The lowest BCUT2D eigenvalue weighted by Gasteiger charge is -2.35. The molecule has 2 atom stereocenters. The number of halogens is 1. The molecule has 0 spiro atoms. The average molecular weight is 352 g/mol. The van der Waals surface area contributed by atoms with E-state index in [-0.39, 0.29) is 11.6 Å². The third-order valence-corrected chi connectivity index (χ3v) is 5.91. The quantitative estimate of drug-likeness (QED) is 0.682. The first kappa shape index (κ1) is 15.8. The molecule has 4 nitrogen and oxygen atoms in total. The summed E-state index contributed by atoms with van der Waals surface area (Å²) < 4.78 is 19.0. The van der Waals surface area contributed by atoms with Gasteiger partial charge < -0.3 is 9.40 Å². The third kappa shape index (κ3) is 2.50. The van der Waals surface area contributed by atoms with Crippen LogP contribution in [0.5, 0.6) is 0 Å². The molecule has 0 saturated carbocycles. The summed E-state index contributed by atoms with van der Waals surface area (Å²) >= 11 is 0. The number of carbonyl (C=O) groups is 1. The molecule has 5 rings (SSSR count). The van der Waals surface area contributed by atoms with Crippen molar-refractivity contribution < 1.29 is 13.6 Å². The van der Waals surface area contributed by atoms with Crippen molar-refractivity contribution in [1.29, 1.82) is 0 Å². The van der Waals surface area contributed by atoms with Gasteiger partial charge in [0.05, 0.1) is 6.26 Å². The van der Waals surface area contributed by atoms with Crippen LogP contribution < -0.4 is 0 Å². The van der Waals surface area contributed by atoms with Crippen molar-refractivity contribution in [1.82, 2.24) is 9.88 Å². The van der Waals surface area contributed by atoms with Crippen LogP contribution in [-0.4, -0.2) is 28.3 Å². The number of furan rings is 1. The van der Waals surface area contributed by atoms with Gasteiger partial charge in [-0.1, -0.05) is 0 Å². The lowest BCUT2D eigenvalue weighted by Crippen LogP contribution is -2.38. The summed E-state index contributed by atoms with van der Waals surface area (Å²) in [5.74, 6) is 0.324. The van der Waals surface area contributed by atoms with Crippen molar-refractivity contribution in [2.24, 2.45) is 0 Å². The largest absolute Gasteiger partial charge is 0.461 e. The van der Waals surface area contributed by atoms with Crippen molar-refractivity contribution in [2.75, 3.05) is 6.54 Å². The number of ketones is 1. The van der Waals surface area contributed by atoms with Gasteiger partial charge in [-0.15, -0.1) is 0 Å². The maximum atomic E-state index is 13.8. The third-order valence-electron chi connectivity index (χ3n) is 5.91. The molecule has 0 radical (unpaired) electrons. The minimum atomic E-state index is -0.185. The fraction of sp³-hybridized carbons (Fsp3) is 0.381. The first-order valence-corrected chi connectivity index (χ1v) is 9.33. The first-order chi connectivity index (χ1) is 12.7. The minimum Gasteiger partial charge on any atom is -0.461 e. The monoisotopic (exact) mass is 352 g/mol. The molecular weight excluding hydrogens is 331 g/mol. The molecule has 0 aliphatic carbocycles. The first-order valence-electron chi connectivity index (χ1n) is 9.33. The van der Waals surface area contributed by atoms with Crippen LogP contribution in [0.2, 0.25) is 0 Å². The topological polar surface area (TPSA) is 49.2 Å². The molecule has 2 aliphatic heterocycles. The number of aromatic amines is 1. The van der Waals surface area contributed by atoms with E-state index in [1.807, 2.05) is 6.07 Å². The zero-order valence-corrected chi connectivity index (χ0v) is 14.5. The number of nitrogens with one attached hydrogen (secondary N) is 1. The van der Waals surface area contributed by atoms with Crippen molar-refractivity contribution >= 4 is 16.7 Å². The summed E-state index contributed by atoms with van der Waals surface area (Å²) in [4.78, 5) is 18.2. The van der Waals surface area contributed by atoms with Crippen molar-refractivity contribution in [3.63, 3.8) is 0 Å². The Balaban J connectivity index is 1.35.